The molecule has 21 heavy (non-hydrogen) atoms. The van der Waals surface area contributed by atoms with Gasteiger partial charge in [0.2, 0.25) is 0 Å². The molecule has 1 aromatic carbocycles. The minimum atomic E-state index is 0.0695. The monoisotopic (exact) mass is 302 g/mol. The third kappa shape index (κ3) is 2.95. The van der Waals surface area contributed by atoms with E-state index in [0.717, 1.165) is 18.8 Å². The second-order valence-electron chi connectivity index (χ2n) is 5.33. The molecule has 3 rings (SSSR count). The molecule has 1 aliphatic rings. The molecule has 0 N–H and O–H groups in total. The topological polar surface area (TPSA) is 51.0 Å². The van der Waals surface area contributed by atoms with Crippen molar-refractivity contribution < 1.29 is 4.79 Å². The molecule has 0 radical (unpaired) electrons. The van der Waals surface area contributed by atoms with E-state index < -0.39 is 0 Å². The van der Waals surface area contributed by atoms with Gasteiger partial charge < -0.3 is 4.90 Å². The molecule has 5 nitrogen and oxygen atoms in total. The number of carbonyl (C=O) groups is 1. The van der Waals surface area contributed by atoms with E-state index in [9.17, 15) is 4.79 Å². The lowest BCUT2D eigenvalue weighted by atomic mass is 10.1. The molecular formula is C15H18N4OS. The summed E-state index contributed by atoms with van der Waals surface area (Å²) in [4.78, 5) is 14.8. The molecule has 0 spiro atoms. The van der Waals surface area contributed by atoms with Crippen LogP contribution in [0.15, 0.2) is 36.7 Å². The van der Waals surface area contributed by atoms with Crippen molar-refractivity contribution in [1.82, 2.24) is 19.9 Å². The Morgan fingerprint density at radius 1 is 1.24 bits per heavy atom. The maximum absolute atomic E-state index is 12.9. The molecule has 1 fully saturated rings. The summed E-state index contributed by atoms with van der Waals surface area (Å²) in [6, 6.07) is 7.55. The predicted molar refractivity (Wildman–Crippen MR) is 83.8 cm³/mol. The average molecular weight is 302 g/mol. The minimum Gasteiger partial charge on any atom is -0.336 e. The number of thioether (sulfide) groups is 1. The summed E-state index contributed by atoms with van der Waals surface area (Å²) < 4.78 is 1.64. The van der Waals surface area contributed by atoms with Crippen molar-refractivity contribution in [2.75, 3.05) is 13.1 Å². The fraction of sp³-hybridized carbons (Fsp3) is 0.400. The van der Waals surface area contributed by atoms with Crippen LogP contribution in [0.4, 0.5) is 0 Å². The number of aromatic nitrogens is 3. The van der Waals surface area contributed by atoms with Crippen molar-refractivity contribution in [3.8, 4) is 5.69 Å². The highest BCUT2D eigenvalue weighted by atomic mass is 32.2. The molecule has 2 atom stereocenters. The van der Waals surface area contributed by atoms with E-state index in [1.807, 2.05) is 40.9 Å². The van der Waals surface area contributed by atoms with Crippen LogP contribution in [0.25, 0.3) is 5.69 Å². The Labute approximate surface area is 128 Å². The Morgan fingerprint density at radius 3 is 2.62 bits per heavy atom. The van der Waals surface area contributed by atoms with Crippen LogP contribution < -0.4 is 0 Å². The SMILES string of the molecule is C[C@@H]1CN(C(=O)c2ccccc2-n2ccnn2)C[C@@H](C)S1. The molecule has 2 heterocycles. The first-order chi connectivity index (χ1) is 10.1. The zero-order valence-corrected chi connectivity index (χ0v) is 13.0. The summed E-state index contributed by atoms with van der Waals surface area (Å²) in [5, 5.41) is 8.75. The normalized spacial score (nSPS) is 22.3. The highest BCUT2D eigenvalue weighted by Crippen LogP contribution is 2.26. The average Bonchev–Trinajstić information content (AvgIpc) is 2.99. The Kier molecular flexibility index (Phi) is 3.96. The maximum atomic E-state index is 12.9. The Balaban J connectivity index is 1.92. The van der Waals surface area contributed by atoms with E-state index in [-0.39, 0.29) is 5.91 Å². The lowest BCUT2D eigenvalue weighted by molar-refractivity contribution is 0.0753. The lowest BCUT2D eigenvalue weighted by Gasteiger charge is -2.34. The van der Waals surface area contributed by atoms with Crippen LogP contribution in [-0.4, -0.2) is 49.4 Å². The van der Waals surface area contributed by atoms with Gasteiger partial charge >= 0.3 is 0 Å². The highest BCUT2D eigenvalue weighted by Gasteiger charge is 2.27. The van der Waals surface area contributed by atoms with Crippen LogP contribution in [0, 0.1) is 0 Å². The minimum absolute atomic E-state index is 0.0695. The number of benzene rings is 1. The fourth-order valence-corrected chi connectivity index (χ4v) is 4.03. The first-order valence-corrected chi connectivity index (χ1v) is 8.00. The van der Waals surface area contributed by atoms with Crippen molar-refractivity contribution in [2.24, 2.45) is 0 Å². The second-order valence-corrected chi connectivity index (χ2v) is 7.21. The van der Waals surface area contributed by atoms with Gasteiger partial charge in [0.1, 0.15) is 0 Å². The molecule has 0 unspecified atom stereocenters. The third-order valence-electron chi connectivity index (χ3n) is 3.51. The van der Waals surface area contributed by atoms with E-state index in [4.69, 9.17) is 0 Å². The van der Waals surface area contributed by atoms with E-state index in [0.29, 0.717) is 16.1 Å². The molecule has 2 aromatic rings. The van der Waals surface area contributed by atoms with Gasteiger partial charge in [-0.3, -0.25) is 4.79 Å². The smallest absolute Gasteiger partial charge is 0.256 e. The fourth-order valence-electron chi connectivity index (χ4n) is 2.71. The van der Waals surface area contributed by atoms with Crippen molar-refractivity contribution >= 4 is 17.7 Å². The van der Waals surface area contributed by atoms with Gasteiger partial charge in [0.05, 0.1) is 23.6 Å². The first-order valence-electron chi connectivity index (χ1n) is 7.05. The Hall–Kier alpha value is -1.82. The number of para-hydroxylation sites is 1. The van der Waals surface area contributed by atoms with E-state index >= 15 is 0 Å². The van der Waals surface area contributed by atoms with Crippen LogP contribution in [0.1, 0.15) is 24.2 Å². The summed E-state index contributed by atoms with van der Waals surface area (Å²) in [5.41, 5.74) is 1.45. The first kappa shape index (κ1) is 14.1. The molecule has 0 aliphatic carbocycles. The number of nitrogens with zero attached hydrogens (tertiary/aromatic N) is 4. The molecule has 110 valence electrons. The van der Waals surface area contributed by atoms with Gasteiger partial charge in [0.15, 0.2) is 0 Å². The number of rotatable bonds is 2. The van der Waals surface area contributed by atoms with Gasteiger partial charge in [-0.2, -0.15) is 11.8 Å². The van der Waals surface area contributed by atoms with Crippen LogP contribution in [0.5, 0.6) is 0 Å². The quantitative estimate of drug-likeness (QED) is 0.853. The third-order valence-corrected chi connectivity index (χ3v) is 4.74. The van der Waals surface area contributed by atoms with Crippen molar-refractivity contribution in [3.63, 3.8) is 0 Å². The van der Waals surface area contributed by atoms with Gasteiger partial charge in [0, 0.05) is 23.6 Å². The van der Waals surface area contributed by atoms with Crippen LogP contribution in [-0.2, 0) is 0 Å². The summed E-state index contributed by atoms with van der Waals surface area (Å²) in [5.74, 6) is 0.0695. The van der Waals surface area contributed by atoms with Crippen LogP contribution in [0.2, 0.25) is 0 Å². The molecule has 6 heteroatoms. The zero-order valence-electron chi connectivity index (χ0n) is 12.1. The number of amides is 1. The molecule has 1 aliphatic heterocycles. The molecule has 1 aromatic heterocycles. The summed E-state index contributed by atoms with van der Waals surface area (Å²) in [7, 11) is 0. The summed E-state index contributed by atoms with van der Waals surface area (Å²) in [6.07, 6.45) is 3.37. The van der Waals surface area contributed by atoms with Crippen LogP contribution in [0.3, 0.4) is 0 Å². The predicted octanol–water partition coefficient (Wildman–Crippen LogP) is 2.23. The Bertz CT molecular complexity index is 618. The van der Waals surface area contributed by atoms with E-state index in [2.05, 4.69) is 24.2 Å². The number of hydrogen-bond donors (Lipinski definition) is 0. The van der Waals surface area contributed by atoms with Gasteiger partial charge in [-0.25, -0.2) is 4.68 Å². The maximum Gasteiger partial charge on any atom is 0.256 e. The lowest BCUT2D eigenvalue weighted by Crippen LogP contribution is -2.44. The van der Waals surface area contributed by atoms with E-state index in [1.165, 1.54) is 0 Å². The standard InChI is InChI=1S/C15H18N4OS/c1-11-9-18(10-12(2)21-11)15(20)13-5-3-4-6-14(13)19-8-7-16-17-19/h3-8,11-12H,9-10H2,1-2H3/t11-,12-/m1/s1. The van der Waals surface area contributed by atoms with Crippen molar-refractivity contribution in [1.29, 1.82) is 0 Å². The second kappa shape index (κ2) is 5.89. The Morgan fingerprint density at radius 2 is 1.95 bits per heavy atom. The largest absolute Gasteiger partial charge is 0.336 e. The summed E-state index contributed by atoms with van der Waals surface area (Å²) in [6.45, 7) is 5.92. The zero-order chi connectivity index (χ0) is 14.8. The van der Waals surface area contributed by atoms with Crippen molar-refractivity contribution in [3.05, 3.63) is 42.2 Å². The summed E-state index contributed by atoms with van der Waals surface area (Å²) >= 11 is 1.94. The highest BCUT2D eigenvalue weighted by molar-refractivity contribution is 8.00. The molecule has 0 saturated carbocycles. The van der Waals surface area contributed by atoms with Gasteiger partial charge in [-0.1, -0.05) is 31.2 Å². The van der Waals surface area contributed by atoms with Gasteiger partial charge in [-0.05, 0) is 12.1 Å². The molecule has 1 amide bonds. The van der Waals surface area contributed by atoms with E-state index in [1.54, 1.807) is 17.1 Å². The molecule has 0 bridgehead atoms. The van der Waals surface area contributed by atoms with Gasteiger partial charge in [0.25, 0.3) is 5.91 Å². The van der Waals surface area contributed by atoms with Crippen LogP contribution >= 0.6 is 11.8 Å². The molecule has 1 saturated heterocycles. The van der Waals surface area contributed by atoms with Gasteiger partial charge in [-0.15, -0.1) is 5.10 Å². The molecular weight excluding hydrogens is 284 g/mol. The number of hydrogen-bond acceptors (Lipinski definition) is 4. The number of carbonyl (C=O) groups excluding carboxylic acids is 1. The van der Waals surface area contributed by atoms with Crippen molar-refractivity contribution in [2.45, 2.75) is 24.3 Å².